The van der Waals surface area contributed by atoms with Gasteiger partial charge in [0.1, 0.15) is 0 Å². The van der Waals surface area contributed by atoms with Crippen molar-refractivity contribution in [3.63, 3.8) is 0 Å². The summed E-state index contributed by atoms with van der Waals surface area (Å²) in [4.78, 5) is 0. The molecule has 0 spiro atoms. The van der Waals surface area contributed by atoms with Crippen molar-refractivity contribution in [3.05, 3.63) is 29.8 Å². The highest BCUT2D eigenvalue weighted by atomic mass is 32.2. The first-order chi connectivity index (χ1) is 9.72. The standard InChI is InChI=1S/C13H21F2N3O2S/c1-10(2)16-7-4-8-18(3)21(19,20)17-11-5-6-12(14)13(15)9-11/h5-6,9-10,16-17H,4,7-8H2,1-3H3. The molecule has 0 bridgehead atoms. The average Bonchev–Trinajstić information content (AvgIpc) is 2.38. The van der Waals surface area contributed by atoms with Crippen LogP contribution in [0, 0.1) is 11.6 Å². The van der Waals surface area contributed by atoms with Crippen molar-refractivity contribution >= 4 is 15.9 Å². The lowest BCUT2D eigenvalue weighted by Crippen LogP contribution is -2.35. The first kappa shape index (κ1) is 17.8. The predicted molar refractivity (Wildman–Crippen MR) is 79.3 cm³/mol. The SMILES string of the molecule is CC(C)NCCCN(C)S(=O)(=O)Nc1ccc(F)c(F)c1. The van der Waals surface area contributed by atoms with Crippen LogP contribution < -0.4 is 10.0 Å². The zero-order valence-electron chi connectivity index (χ0n) is 12.4. The highest BCUT2D eigenvalue weighted by molar-refractivity contribution is 7.90. The minimum Gasteiger partial charge on any atom is -0.314 e. The second-order valence-electron chi connectivity index (χ2n) is 5.02. The van der Waals surface area contributed by atoms with Crippen LogP contribution in [-0.2, 0) is 10.2 Å². The first-order valence-corrected chi connectivity index (χ1v) is 8.09. The normalized spacial score (nSPS) is 12.1. The van der Waals surface area contributed by atoms with Gasteiger partial charge in [0.05, 0.1) is 5.69 Å². The van der Waals surface area contributed by atoms with Gasteiger partial charge in [0, 0.05) is 25.7 Å². The maximum absolute atomic E-state index is 13.0. The van der Waals surface area contributed by atoms with Crippen molar-refractivity contribution in [2.24, 2.45) is 0 Å². The van der Waals surface area contributed by atoms with Crippen molar-refractivity contribution < 1.29 is 17.2 Å². The molecule has 21 heavy (non-hydrogen) atoms. The fourth-order valence-electron chi connectivity index (χ4n) is 1.60. The molecule has 0 aliphatic carbocycles. The van der Waals surface area contributed by atoms with Gasteiger partial charge in [-0.05, 0) is 25.1 Å². The molecule has 5 nitrogen and oxygen atoms in total. The van der Waals surface area contributed by atoms with E-state index in [1.54, 1.807) is 0 Å². The largest absolute Gasteiger partial charge is 0.314 e. The van der Waals surface area contributed by atoms with E-state index in [9.17, 15) is 17.2 Å². The van der Waals surface area contributed by atoms with Crippen molar-refractivity contribution in [3.8, 4) is 0 Å². The van der Waals surface area contributed by atoms with Gasteiger partial charge in [-0.3, -0.25) is 4.72 Å². The number of nitrogens with one attached hydrogen (secondary N) is 2. The Hall–Kier alpha value is -1.25. The maximum Gasteiger partial charge on any atom is 0.301 e. The molecule has 0 heterocycles. The molecule has 120 valence electrons. The third kappa shape index (κ3) is 5.94. The Bertz CT molecular complexity index is 565. The van der Waals surface area contributed by atoms with E-state index in [4.69, 9.17) is 0 Å². The highest BCUT2D eigenvalue weighted by Gasteiger charge is 2.17. The summed E-state index contributed by atoms with van der Waals surface area (Å²) in [5, 5.41) is 3.18. The third-order valence-corrected chi connectivity index (χ3v) is 4.28. The zero-order chi connectivity index (χ0) is 16.0. The summed E-state index contributed by atoms with van der Waals surface area (Å²) in [5.74, 6) is -2.12. The molecule has 0 amide bonds. The van der Waals surface area contributed by atoms with Gasteiger partial charge >= 0.3 is 10.2 Å². The topological polar surface area (TPSA) is 61.4 Å². The molecule has 8 heteroatoms. The minimum absolute atomic E-state index is 0.0129. The number of halogens is 2. The zero-order valence-corrected chi connectivity index (χ0v) is 13.2. The summed E-state index contributed by atoms with van der Waals surface area (Å²) < 4.78 is 53.2. The van der Waals surface area contributed by atoms with E-state index in [0.29, 0.717) is 25.6 Å². The molecule has 0 saturated heterocycles. The average molecular weight is 321 g/mol. The van der Waals surface area contributed by atoms with Crippen molar-refractivity contribution in [1.29, 1.82) is 0 Å². The smallest absolute Gasteiger partial charge is 0.301 e. The summed E-state index contributed by atoms with van der Waals surface area (Å²) in [6, 6.07) is 3.19. The molecule has 0 aliphatic rings. The Labute approximate surface area is 124 Å². The van der Waals surface area contributed by atoms with Gasteiger partial charge in [-0.15, -0.1) is 0 Å². The quantitative estimate of drug-likeness (QED) is 0.719. The van der Waals surface area contributed by atoms with Crippen molar-refractivity contribution in [1.82, 2.24) is 9.62 Å². The summed E-state index contributed by atoms with van der Waals surface area (Å²) in [6.07, 6.45) is 0.646. The first-order valence-electron chi connectivity index (χ1n) is 6.65. The van der Waals surface area contributed by atoms with E-state index in [1.807, 2.05) is 13.8 Å². The summed E-state index contributed by atoms with van der Waals surface area (Å²) in [5.41, 5.74) is -0.0129. The van der Waals surface area contributed by atoms with Crippen molar-refractivity contribution in [2.45, 2.75) is 26.3 Å². The summed E-state index contributed by atoms with van der Waals surface area (Å²) >= 11 is 0. The lowest BCUT2D eigenvalue weighted by atomic mass is 10.3. The number of rotatable bonds is 8. The predicted octanol–water partition coefficient (Wildman–Crippen LogP) is 1.94. The van der Waals surface area contributed by atoms with Gasteiger partial charge in [0.15, 0.2) is 11.6 Å². The van der Waals surface area contributed by atoms with E-state index in [-0.39, 0.29) is 5.69 Å². The summed E-state index contributed by atoms with van der Waals surface area (Å²) in [7, 11) is -2.35. The Balaban J connectivity index is 2.57. The number of hydrogen-bond acceptors (Lipinski definition) is 3. The Morgan fingerprint density at radius 2 is 1.90 bits per heavy atom. The van der Waals surface area contributed by atoms with Crippen LogP contribution in [0.15, 0.2) is 18.2 Å². The van der Waals surface area contributed by atoms with Gasteiger partial charge in [-0.2, -0.15) is 12.7 Å². The maximum atomic E-state index is 13.0. The molecular formula is C13H21F2N3O2S. The second-order valence-corrected chi connectivity index (χ2v) is 6.80. The van der Waals surface area contributed by atoms with E-state index in [1.165, 1.54) is 13.1 Å². The van der Waals surface area contributed by atoms with Crippen molar-refractivity contribution in [2.75, 3.05) is 24.9 Å². The molecular weight excluding hydrogens is 300 g/mol. The highest BCUT2D eigenvalue weighted by Crippen LogP contribution is 2.15. The number of hydrogen-bond donors (Lipinski definition) is 2. The van der Waals surface area contributed by atoms with Gasteiger partial charge in [-0.25, -0.2) is 8.78 Å². The summed E-state index contributed by atoms with van der Waals surface area (Å²) in [6.45, 7) is 5.03. The number of anilines is 1. The van der Waals surface area contributed by atoms with Crippen LogP contribution in [0.5, 0.6) is 0 Å². The fraction of sp³-hybridized carbons (Fsp3) is 0.538. The second kappa shape index (κ2) is 7.67. The molecule has 0 fully saturated rings. The molecule has 0 saturated carbocycles. The molecule has 0 radical (unpaired) electrons. The van der Waals surface area contributed by atoms with Crippen LogP contribution in [0.3, 0.4) is 0 Å². The Kier molecular flexibility index (Phi) is 6.50. The monoisotopic (exact) mass is 321 g/mol. The third-order valence-electron chi connectivity index (χ3n) is 2.78. The molecule has 0 aliphatic heterocycles. The van der Waals surface area contributed by atoms with Gasteiger partial charge in [-0.1, -0.05) is 13.8 Å². The Morgan fingerprint density at radius 3 is 2.48 bits per heavy atom. The molecule has 1 aromatic carbocycles. The van der Waals surface area contributed by atoms with Gasteiger partial charge in [0.25, 0.3) is 0 Å². The van der Waals surface area contributed by atoms with Crippen LogP contribution in [0.25, 0.3) is 0 Å². The molecule has 0 unspecified atom stereocenters. The molecule has 0 aromatic heterocycles. The molecule has 0 atom stereocenters. The lowest BCUT2D eigenvalue weighted by Gasteiger charge is -2.18. The molecule has 1 rings (SSSR count). The van der Waals surface area contributed by atoms with Gasteiger partial charge in [0.2, 0.25) is 0 Å². The number of benzene rings is 1. The van der Waals surface area contributed by atoms with Crippen LogP contribution >= 0.6 is 0 Å². The molecule has 1 aromatic rings. The lowest BCUT2D eigenvalue weighted by molar-refractivity contribution is 0.451. The number of nitrogens with zero attached hydrogens (tertiary/aromatic N) is 1. The molecule has 2 N–H and O–H groups in total. The van der Waals surface area contributed by atoms with Crippen LogP contribution in [0.1, 0.15) is 20.3 Å². The van der Waals surface area contributed by atoms with E-state index < -0.39 is 21.8 Å². The van der Waals surface area contributed by atoms with E-state index >= 15 is 0 Å². The van der Waals surface area contributed by atoms with Crippen LogP contribution in [0.2, 0.25) is 0 Å². The van der Waals surface area contributed by atoms with Crippen LogP contribution in [-0.4, -0.2) is 38.9 Å². The minimum atomic E-state index is -3.78. The fourth-order valence-corrected chi connectivity index (χ4v) is 2.55. The van der Waals surface area contributed by atoms with Gasteiger partial charge < -0.3 is 5.32 Å². The van der Waals surface area contributed by atoms with E-state index in [2.05, 4.69) is 10.0 Å². The Morgan fingerprint density at radius 1 is 1.24 bits per heavy atom. The van der Waals surface area contributed by atoms with Crippen LogP contribution in [0.4, 0.5) is 14.5 Å². The van der Waals surface area contributed by atoms with E-state index in [0.717, 1.165) is 16.4 Å².